The molecule has 0 spiro atoms. The van der Waals surface area contributed by atoms with E-state index in [9.17, 15) is 34.7 Å². The van der Waals surface area contributed by atoms with E-state index in [4.69, 9.17) is 0 Å². The summed E-state index contributed by atoms with van der Waals surface area (Å²) in [6, 6.07) is 4.42. The molecule has 9 nitrogen and oxygen atoms in total. The molecular weight excluding hydrogens is 332 g/mol. The topological polar surface area (TPSA) is 141 Å². The first-order valence-electron chi connectivity index (χ1n) is 7.69. The first-order chi connectivity index (χ1) is 11.7. The zero-order valence-corrected chi connectivity index (χ0v) is 13.2. The third-order valence-electron chi connectivity index (χ3n) is 5.00. The monoisotopic (exact) mass is 347 g/mol. The van der Waals surface area contributed by atoms with Gasteiger partial charge in [-0.3, -0.25) is 19.7 Å². The van der Waals surface area contributed by atoms with Gasteiger partial charge in [-0.1, -0.05) is 12.1 Å². The maximum absolute atomic E-state index is 12.5. The average molecular weight is 347 g/mol. The minimum Gasteiger partial charge on any atom is -0.547 e. The van der Waals surface area contributed by atoms with E-state index in [1.807, 2.05) is 0 Å². The maximum atomic E-state index is 12.5. The number of carbonyl (C=O) groups is 3. The lowest BCUT2D eigenvalue weighted by atomic mass is 9.81. The minimum absolute atomic E-state index is 0.164. The number of aliphatic hydroxyl groups excluding tert-OH is 1. The SMILES string of the molecule is CC(O)C1C(=O)N2C1CC(=O)C2(Cc1ccc([N+](=O)[O-])cc1)C(=O)[O-]. The van der Waals surface area contributed by atoms with Crippen molar-refractivity contribution in [3.8, 4) is 0 Å². The van der Waals surface area contributed by atoms with Gasteiger partial charge in [0.15, 0.2) is 5.78 Å². The molecule has 4 unspecified atom stereocenters. The van der Waals surface area contributed by atoms with Crippen LogP contribution in [0, 0.1) is 16.0 Å². The van der Waals surface area contributed by atoms with Gasteiger partial charge in [0.25, 0.3) is 5.69 Å². The molecule has 1 aromatic carbocycles. The van der Waals surface area contributed by atoms with Crippen molar-refractivity contribution < 1.29 is 29.5 Å². The number of non-ortho nitro benzene ring substituents is 1. The molecule has 2 fully saturated rings. The van der Waals surface area contributed by atoms with E-state index >= 15 is 0 Å². The summed E-state index contributed by atoms with van der Waals surface area (Å²) < 4.78 is 0. The number of β-lactam (4-membered cyclic amide) rings is 1. The molecular formula is C16H15N2O7-. The van der Waals surface area contributed by atoms with Gasteiger partial charge in [0.05, 0.1) is 29.0 Å². The Hall–Kier alpha value is -2.81. The van der Waals surface area contributed by atoms with Gasteiger partial charge in [-0.25, -0.2) is 0 Å². The van der Waals surface area contributed by atoms with Gasteiger partial charge in [0.1, 0.15) is 5.54 Å². The van der Waals surface area contributed by atoms with E-state index in [0.717, 1.165) is 4.90 Å². The van der Waals surface area contributed by atoms with Crippen LogP contribution in [0.5, 0.6) is 0 Å². The van der Waals surface area contributed by atoms with Gasteiger partial charge in [-0.2, -0.15) is 0 Å². The second-order valence-corrected chi connectivity index (χ2v) is 6.42. The Labute approximate surface area is 142 Å². The summed E-state index contributed by atoms with van der Waals surface area (Å²) in [5, 5.41) is 32.2. The van der Waals surface area contributed by atoms with Gasteiger partial charge < -0.3 is 19.9 Å². The van der Waals surface area contributed by atoms with Crippen molar-refractivity contribution in [2.75, 3.05) is 0 Å². The smallest absolute Gasteiger partial charge is 0.269 e. The standard InChI is InChI=1S/C16H16N2O7/c1-8(19)13-11-6-12(20)16(15(22)23,17(11)14(13)21)7-9-2-4-10(5-3-9)18(24)25/h2-5,8,11,13,19H,6-7H2,1H3,(H,22,23)/p-1. The third kappa shape index (κ3) is 2.30. The first kappa shape index (κ1) is 17.0. The number of nitrogens with zero attached hydrogens (tertiary/aromatic N) is 2. The van der Waals surface area contributed by atoms with Crippen molar-refractivity contribution in [2.45, 2.75) is 37.5 Å². The van der Waals surface area contributed by atoms with Gasteiger partial charge in [0.2, 0.25) is 5.91 Å². The number of aliphatic hydroxyl groups is 1. The molecule has 2 heterocycles. The number of carboxylic acids is 1. The highest BCUT2D eigenvalue weighted by molar-refractivity contribution is 6.15. The number of hydrogen-bond acceptors (Lipinski definition) is 7. The Morgan fingerprint density at radius 3 is 2.48 bits per heavy atom. The van der Waals surface area contributed by atoms with Crippen molar-refractivity contribution in [3.63, 3.8) is 0 Å². The highest BCUT2D eigenvalue weighted by Crippen LogP contribution is 2.46. The zero-order valence-electron chi connectivity index (χ0n) is 13.2. The van der Waals surface area contributed by atoms with E-state index in [-0.39, 0.29) is 18.5 Å². The minimum atomic E-state index is -2.14. The molecule has 1 aromatic rings. The second kappa shape index (κ2) is 5.62. The molecule has 1 N–H and O–H groups in total. The van der Waals surface area contributed by atoms with Crippen molar-refractivity contribution in [1.29, 1.82) is 0 Å². The number of aliphatic carboxylic acids is 1. The predicted octanol–water partition coefficient (Wildman–Crippen LogP) is -1.19. The third-order valence-corrected chi connectivity index (χ3v) is 5.00. The molecule has 2 saturated heterocycles. The van der Waals surface area contributed by atoms with Crippen LogP contribution in [-0.4, -0.2) is 50.3 Å². The Morgan fingerprint density at radius 2 is 2.00 bits per heavy atom. The van der Waals surface area contributed by atoms with Gasteiger partial charge in [-0.05, 0) is 12.5 Å². The molecule has 0 radical (unpaired) electrons. The fourth-order valence-corrected chi connectivity index (χ4v) is 3.78. The Kier molecular flexibility index (Phi) is 3.83. The molecule has 0 bridgehead atoms. The van der Waals surface area contributed by atoms with Crippen molar-refractivity contribution in [2.24, 2.45) is 5.92 Å². The molecule has 9 heteroatoms. The average Bonchev–Trinajstić information content (AvgIpc) is 2.77. The van der Waals surface area contributed by atoms with Crippen LogP contribution in [-0.2, 0) is 20.8 Å². The van der Waals surface area contributed by atoms with Crippen LogP contribution < -0.4 is 5.11 Å². The molecule has 25 heavy (non-hydrogen) atoms. The van der Waals surface area contributed by atoms with Crippen LogP contribution in [0.25, 0.3) is 0 Å². The van der Waals surface area contributed by atoms with E-state index in [0.29, 0.717) is 5.56 Å². The van der Waals surface area contributed by atoms with E-state index in [1.54, 1.807) is 0 Å². The molecule has 2 aliphatic rings. The fourth-order valence-electron chi connectivity index (χ4n) is 3.78. The molecule has 4 atom stereocenters. The first-order valence-corrected chi connectivity index (χ1v) is 7.69. The quantitative estimate of drug-likeness (QED) is 0.305. The number of Topliss-reactive ketones (excluding diaryl/α,β-unsaturated/α-hetero) is 1. The normalized spacial score (nSPS) is 29.1. The van der Waals surface area contributed by atoms with E-state index in [2.05, 4.69) is 0 Å². The fraction of sp³-hybridized carbons (Fsp3) is 0.438. The second-order valence-electron chi connectivity index (χ2n) is 6.42. The van der Waals surface area contributed by atoms with Gasteiger partial charge >= 0.3 is 0 Å². The summed E-state index contributed by atoms with van der Waals surface area (Å²) in [6.07, 6.45) is -1.48. The summed E-state index contributed by atoms with van der Waals surface area (Å²) in [4.78, 5) is 47.7. The number of benzene rings is 1. The number of fused-ring (bicyclic) bond motifs is 1. The van der Waals surface area contributed by atoms with Gasteiger partial charge in [0, 0.05) is 25.0 Å². The van der Waals surface area contributed by atoms with Crippen LogP contribution in [0.2, 0.25) is 0 Å². The molecule has 0 aliphatic carbocycles. The Bertz CT molecular complexity index is 773. The molecule has 1 amide bonds. The number of hydrogen-bond donors (Lipinski definition) is 1. The lowest BCUT2D eigenvalue weighted by Gasteiger charge is -2.51. The van der Waals surface area contributed by atoms with E-state index in [1.165, 1.54) is 31.2 Å². The summed E-state index contributed by atoms with van der Waals surface area (Å²) in [5.41, 5.74) is -1.95. The van der Waals surface area contributed by atoms with Crippen molar-refractivity contribution in [3.05, 3.63) is 39.9 Å². The molecule has 0 saturated carbocycles. The van der Waals surface area contributed by atoms with Crippen LogP contribution in [0.1, 0.15) is 18.9 Å². The summed E-state index contributed by atoms with van der Waals surface area (Å²) in [5.74, 6) is -3.75. The number of nitro benzene ring substituents is 1. The van der Waals surface area contributed by atoms with Crippen LogP contribution >= 0.6 is 0 Å². The largest absolute Gasteiger partial charge is 0.547 e. The summed E-state index contributed by atoms with van der Waals surface area (Å²) in [7, 11) is 0. The number of rotatable bonds is 5. The number of amides is 1. The van der Waals surface area contributed by atoms with Crippen molar-refractivity contribution >= 4 is 23.3 Å². The number of ketones is 1. The summed E-state index contributed by atoms with van der Waals surface area (Å²) in [6.45, 7) is 1.42. The van der Waals surface area contributed by atoms with Crippen molar-refractivity contribution in [1.82, 2.24) is 4.90 Å². The Morgan fingerprint density at radius 1 is 1.40 bits per heavy atom. The summed E-state index contributed by atoms with van der Waals surface area (Å²) >= 11 is 0. The molecule has 3 rings (SSSR count). The molecule has 0 aromatic heterocycles. The number of carboxylic acid groups (broad SMARTS) is 1. The Balaban J connectivity index is 1.95. The zero-order chi connectivity index (χ0) is 18.5. The maximum Gasteiger partial charge on any atom is 0.269 e. The van der Waals surface area contributed by atoms with E-state index < -0.39 is 46.2 Å². The van der Waals surface area contributed by atoms with Gasteiger partial charge in [-0.15, -0.1) is 0 Å². The highest BCUT2D eigenvalue weighted by Gasteiger charge is 2.66. The van der Waals surface area contributed by atoms with Crippen LogP contribution in [0.3, 0.4) is 0 Å². The lowest BCUT2D eigenvalue weighted by Crippen LogP contribution is -2.73. The molecule has 132 valence electrons. The molecule has 2 aliphatic heterocycles. The number of carbonyl (C=O) groups excluding carboxylic acids is 3. The van der Waals surface area contributed by atoms with Crippen LogP contribution in [0.15, 0.2) is 24.3 Å². The lowest BCUT2D eigenvalue weighted by molar-refractivity contribution is -0.384. The number of nitro groups is 1. The highest BCUT2D eigenvalue weighted by atomic mass is 16.6. The predicted molar refractivity (Wildman–Crippen MR) is 80.0 cm³/mol. The van der Waals surface area contributed by atoms with Crippen LogP contribution in [0.4, 0.5) is 5.69 Å².